The molecule has 0 amide bonds. The second kappa shape index (κ2) is 10.5. The molecule has 4 atom stereocenters. The molecular formula is C24H24O7. The molecule has 0 spiro atoms. The minimum Gasteiger partial charge on any atom is -0.452 e. The van der Waals surface area contributed by atoms with E-state index in [1.807, 2.05) is 0 Å². The number of esters is 3. The number of benzene rings is 2. The summed E-state index contributed by atoms with van der Waals surface area (Å²) < 4.78 is 22.4. The van der Waals surface area contributed by atoms with Crippen molar-refractivity contribution in [2.75, 3.05) is 6.61 Å². The van der Waals surface area contributed by atoms with E-state index < -0.39 is 42.3 Å². The van der Waals surface area contributed by atoms with E-state index in [9.17, 15) is 14.4 Å². The van der Waals surface area contributed by atoms with Crippen LogP contribution in [0.15, 0.2) is 72.8 Å². The van der Waals surface area contributed by atoms with Gasteiger partial charge in [-0.05, 0) is 38.1 Å². The van der Waals surface area contributed by atoms with Crippen LogP contribution in [-0.4, -0.2) is 48.9 Å². The van der Waals surface area contributed by atoms with E-state index in [1.54, 1.807) is 74.5 Å². The Kier molecular flexibility index (Phi) is 7.56. The summed E-state index contributed by atoms with van der Waals surface area (Å²) in [5, 5.41) is 0. The molecule has 0 N–H and O–H groups in total. The zero-order chi connectivity index (χ0) is 22.2. The molecule has 0 unspecified atom stereocenters. The van der Waals surface area contributed by atoms with Gasteiger partial charge >= 0.3 is 17.9 Å². The summed E-state index contributed by atoms with van der Waals surface area (Å²) in [6.07, 6.45) is -0.747. The van der Waals surface area contributed by atoms with E-state index in [4.69, 9.17) is 18.9 Å². The van der Waals surface area contributed by atoms with Crippen molar-refractivity contribution in [1.82, 2.24) is 0 Å². The number of carbonyl (C=O) groups is 3. The van der Waals surface area contributed by atoms with Crippen LogP contribution in [0.5, 0.6) is 0 Å². The fraction of sp³-hybridized carbons (Fsp3) is 0.292. The van der Waals surface area contributed by atoms with Crippen LogP contribution in [0.3, 0.4) is 0 Å². The van der Waals surface area contributed by atoms with Crippen LogP contribution >= 0.6 is 0 Å². The van der Waals surface area contributed by atoms with Gasteiger partial charge in [0.2, 0.25) is 0 Å². The molecule has 0 saturated carbocycles. The first-order chi connectivity index (χ1) is 15.0. The summed E-state index contributed by atoms with van der Waals surface area (Å²) in [7, 11) is 0. The maximum atomic E-state index is 12.7. The van der Waals surface area contributed by atoms with Crippen LogP contribution in [0.4, 0.5) is 0 Å². The molecule has 0 aliphatic carbocycles. The Morgan fingerprint density at radius 3 is 1.94 bits per heavy atom. The monoisotopic (exact) mass is 424 g/mol. The summed E-state index contributed by atoms with van der Waals surface area (Å²) in [4.78, 5) is 37.4. The Labute approximate surface area is 180 Å². The second-order valence-electron chi connectivity index (χ2n) is 6.99. The van der Waals surface area contributed by atoms with Gasteiger partial charge in [0, 0.05) is 6.08 Å². The Morgan fingerprint density at radius 2 is 1.39 bits per heavy atom. The van der Waals surface area contributed by atoms with E-state index >= 15 is 0 Å². The van der Waals surface area contributed by atoms with Gasteiger partial charge in [0.15, 0.2) is 18.3 Å². The Balaban J connectivity index is 1.84. The highest BCUT2D eigenvalue weighted by Gasteiger charge is 2.45. The Hall–Kier alpha value is -3.45. The van der Waals surface area contributed by atoms with Gasteiger partial charge in [-0.2, -0.15) is 0 Å². The standard InChI is InChI=1S/C24H24O7/c1-3-10-20(25)30-21-16(2)28-15-19(29-23(26)17-11-6-4-7-12-17)22(21)31-24(27)18-13-8-5-9-14-18/h3-14,16,19,21-22H,15H2,1-2H3/b10-3-/t16-,19+,21+,22-/m1/s1. The third-order valence-corrected chi connectivity index (χ3v) is 4.75. The lowest BCUT2D eigenvalue weighted by atomic mass is 10.00. The largest absolute Gasteiger partial charge is 0.452 e. The first-order valence-electron chi connectivity index (χ1n) is 9.96. The minimum atomic E-state index is -1.04. The SMILES string of the molecule is C/C=C\C(=O)O[C@@H]1[C@H](OC(=O)c2ccccc2)[C@@H](OC(=O)c2ccccc2)CO[C@@H]1C. The fourth-order valence-electron chi connectivity index (χ4n) is 3.18. The number of rotatable bonds is 6. The molecule has 1 saturated heterocycles. The average Bonchev–Trinajstić information content (AvgIpc) is 2.79. The van der Waals surface area contributed by atoms with Crippen molar-refractivity contribution in [1.29, 1.82) is 0 Å². The van der Waals surface area contributed by atoms with Crippen molar-refractivity contribution < 1.29 is 33.3 Å². The van der Waals surface area contributed by atoms with Crippen LogP contribution < -0.4 is 0 Å². The molecule has 3 rings (SSSR count). The van der Waals surface area contributed by atoms with Gasteiger partial charge in [-0.25, -0.2) is 14.4 Å². The third kappa shape index (κ3) is 5.79. The molecule has 0 aromatic heterocycles. The van der Waals surface area contributed by atoms with Crippen LogP contribution in [-0.2, 0) is 23.7 Å². The van der Waals surface area contributed by atoms with Crippen molar-refractivity contribution in [3.63, 3.8) is 0 Å². The number of hydrogen-bond donors (Lipinski definition) is 0. The lowest BCUT2D eigenvalue weighted by Crippen LogP contribution is -2.56. The predicted molar refractivity (Wildman–Crippen MR) is 111 cm³/mol. The molecule has 7 heteroatoms. The number of hydrogen-bond acceptors (Lipinski definition) is 7. The normalized spacial score (nSPS) is 23.2. The molecule has 7 nitrogen and oxygen atoms in total. The third-order valence-electron chi connectivity index (χ3n) is 4.75. The second-order valence-corrected chi connectivity index (χ2v) is 6.99. The zero-order valence-corrected chi connectivity index (χ0v) is 17.3. The lowest BCUT2D eigenvalue weighted by Gasteiger charge is -2.39. The number of carbonyl (C=O) groups excluding carboxylic acids is 3. The smallest absolute Gasteiger partial charge is 0.338 e. The van der Waals surface area contributed by atoms with Crippen molar-refractivity contribution in [3.05, 3.63) is 83.9 Å². The highest BCUT2D eigenvalue weighted by Crippen LogP contribution is 2.26. The molecule has 1 aliphatic heterocycles. The van der Waals surface area contributed by atoms with Crippen molar-refractivity contribution in [2.24, 2.45) is 0 Å². The molecule has 1 heterocycles. The summed E-state index contributed by atoms with van der Waals surface area (Å²) >= 11 is 0. The van der Waals surface area contributed by atoms with E-state index in [-0.39, 0.29) is 6.61 Å². The van der Waals surface area contributed by atoms with Gasteiger partial charge in [-0.1, -0.05) is 42.5 Å². The van der Waals surface area contributed by atoms with Crippen molar-refractivity contribution in [3.8, 4) is 0 Å². The Bertz CT molecular complexity index is 923. The molecule has 2 aromatic rings. The van der Waals surface area contributed by atoms with E-state index in [2.05, 4.69) is 0 Å². The topological polar surface area (TPSA) is 88.1 Å². The molecule has 31 heavy (non-hydrogen) atoms. The zero-order valence-electron chi connectivity index (χ0n) is 17.3. The van der Waals surface area contributed by atoms with E-state index in [1.165, 1.54) is 12.2 Å². The highest BCUT2D eigenvalue weighted by atomic mass is 16.6. The van der Waals surface area contributed by atoms with Gasteiger partial charge in [0.25, 0.3) is 0 Å². The fourth-order valence-corrected chi connectivity index (χ4v) is 3.18. The average molecular weight is 424 g/mol. The summed E-state index contributed by atoms with van der Waals surface area (Å²) in [6, 6.07) is 16.8. The minimum absolute atomic E-state index is 0.00978. The molecule has 0 bridgehead atoms. The van der Waals surface area contributed by atoms with Crippen LogP contribution in [0.1, 0.15) is 34.6 Å². The number of ether oxygens (including phenoxy) is 4. The number of allylic oxidation sites excluding steroid dienone is 1. The van der Waals surface area contributed by atoms with E-state index in [0.29, 0.717) is 11.1 Å². The maximum Gasteiger partial charge on any atom is 0.338 e. The summed E-state index contributed by atoms with van der Waals surface area (Å²) in [5.74, 6) is -1.82. The van der Waals surface area contributed by atoms with Gasteiger partial charge in [0.05, 0.1) is 23.8 Å². The quantitative estimate of drug-likeness (QED) is 0.399. The molecule has 0 radical (unpaired) electrons. The van der Waals surface area contributed by atoms with Crippen LogP contribution in [0.2, 0.25) is 0 Å². The van der Waals surface area contributed by atoms with Crippen LogP contribution in [0.25, 0.3) is 0 Å². The summed E-state index contributed by atoms with van der Waals surface area (Å²) in [6.45, 7) is 3.37. The van der Waals surface area contributed by atoms with Crippen molar-refractivity contribution in [2.45, 2.75) is 38.3 Å². The first-order valence-corrected chi connectivity index (χ1v) is 9.96. The molecule has 162 valence electrons. The Morgan fingerprint density at radius 1 is 0.839 bits per heavy atom. The van der Waals surface area contributed by atoms with Gasteiger partial charge in [-0.3, -0.25) is 0 Å². The van der Waals surface area contributed by atoms with Gasteiger partial charge in [0.1, 0.15) is 0 Å². The summed E-state index contributed by atoms with van der Waals surface area (Å²) in [5.41, 5.74) is 0.671. The van der Waals surface area contributed by atoms with Gasteiger partial charge < -0.3 is 18.9 Å². The maximum absolute atomic E-state index is 12.7. The highest BCUT2D eigenvalue weighted by molar-refractivity contribution is 5.90. The molecule has 1 fully saturated rings. The molecular weight excluding hydrogens is 400 g/mol. The van der Waals surface area contributed by atoms with Crippen molar-refractivity contribution >= 4 is 17.9 Å². The first kappa shape index (κ1) is 22.2. The van der Waals surface area contributed by atoms with Gasteiger partial charge in [-0.15, -0.1) is 0 Å². The van der Waals surface area contributed by atoms with E-state index in [0.717, 1.165) is 0 Å². The van der Waals surface area contributed by atoms with Crippen LogP contribution in [0, 0.1) is 0 Å². The molecule has 2 aromatic carbocycles. The lowest BCUT2D eigenvalue weighted by molar-refractivity contribution is -0.202. The molecule has 1 aliphatic rings. The predicted octanol–water partition coefficient (Wildman–Crippen LogP) is 3.34.